The third-order valence-electron chi connectivity index (χ3n) is 2.50. The first-order valence-corrected chi connectivity index (χ1v) is 6.16. The molecular formula is C12H19IN2+2. The van der Waals surface area contributed by atoms with Gasteiger partial charge in [-0.15, -0.1) is 0 Å². The molecule has 82 valence electrons. The van der Waals surface area contributed by atoms with Crippen LogP contribution in [0.5, 0.6) is 0 Å². The van der Waals surface area contributed by atoms with Gasteiger partial charge in [0.05, 0.1) is 6.07 Å². The fourth-order valence-corrected chi connectivity index (χ4v) is 2.42. The van der Waals surface area contributed by atoms with E-state index in [-0.39, 0.29) is 0 Å². The molecular weight excluding hydrogens is 299 g/mol. The Hall–Kier alpha value is -0.420. The van der Waals surface area contributed by atoms with Crippen molar-refractivity contribution in [3.63, 3.8) is 0 Å². The van der Waals surface area contributed by atoms with Crippen LogP contribution in [0, 0.1) is 0 Å². The Kier molecular flexibility index (Phi) is 4.28. The van der Waals surface area contributed by atoms with Crippen molar-refractivity contribution in [2.24, 2.45) is 7.05 Å². The normalized spacial score (nSPS) is 15.9. The molecule has 0 aromatic carbocycles. The van der Waals surface area contributed by atoms with E-state index in [1.165, 1.54) is 5.82 Å². The maximum atomic E-state index is 2.49. The minimum atomic E-state index is 0.510. The average molecular weight is 318 g/mol. The van der Waals surface area contributed by atoms with E-state index in [0.717, 1.165) is 2.70 Å². The summed E-state index contributed by atoms with van der Waals surface area (Å²) >= 11 is 2.49. The maximum Gasteiger partial charge on any atom is 0.381 e. The van der Waals surface area contributed by atoms with Gasteiger partial charge in [-0.25, -0.2) is 0 Å². The Balaban J connectivity index is 3.27. The summed E-state index contributed by atoms with van der Waals surface area (Å²) in [5, 5.41) is 0. The van der Waals surface area contributed by atoms with Gasteiger partial charge >= 0.3 is 5.82 Å². The van der Waals surface area contributed by atoms with Gasteiger partial charge in [-0.1, -0.05) is 0 Å². The molecule has 1 unspecified atom stereocenters. The quantitative estimate of drug-likeness (QED) is 0.458. The molecule has 0 fully saturated rings. The summed E-state index contributed by atoms with van der Waals surface area (Å²) in [5.74, 6) is 1.28. The first kappa shape index (κ1) is 12.6. The van der Waals surface area contributed by atoms with Gasteiger partial charge < -0.3 is 0 Å². The van der Waals surface area contributed by atoms with Gasteiger partial charge in [0.1, 0.15) is 19.3 Å². The van der Waals surface area contributed by atoms with Crippen LogP contribution < -0.4 is 7.26 Å². The highest BCUT2D eigenvalue weighted by Crippen LogP contribution is 2.29. The number of aryl methyl sites for hydroxylation is 1. The van der Waals surface area contributed by atoms with E-state index in [0.29, 0.717) is 6.04 Å². The third kappa shape index (κ3) is 2.58. The molecule has 1 heterocycles. The Morgan fingerprint density at radius 2 is 2.07 bits per heavy atom. The van der Waals surface area contributed by atoms with Crippen molar-refractivity contribution >= 4 is 28.7 Å². The molecule has 1 aromatic rings. The molecule has 0 amide bonds. The lowest BCUT2D eigenvalue weighted by molar-refractivity contribution is -0.662. The number of allylic oxidation sites excluding steroid dienone is 1. The fourth-order valence-electron chi connectivity index (χ4n) is 1.60. The number of halogens is 1. The largest absolute Gasteiger partial charge is 0.381 e. The van der Waals surface area contributed by atoms with Crippen LogP contribution in [-0.2, 0) is 7.05 Å². The minimum absolute atomic E-state index is 0.510. The predicted octanol–water partition coefficient (Wildman–Crippen LogP) is 3.11. The summed E-state index contributed by atoms with van der Waals surface area (Å²) in [4.78, 5) is 0. The van der Waals surface area contributed by atoms with Crippen LogP contribution in [0.4, 0.5) is 5.82 Å². The predicted molar refractivity (Wildman–Crippen MR) is 73.4 cm³/mol. The van der Waals surface area contributed by atoms with Crippen molar-refractivity contribution in [1.29, 1.82) is 0 Å². The number of pyridine rings is 1. The van der Waals surface area contributed by atoms with Crippen molar-refractivity contribution in [2.45, 2.75) is 26.8 Å². The second kappa shape index (κ2) is 5.07. The second-order valence-corrected chi connectivity index (χ2v) is 5.53. The van der Waals surface area contributed by atoms with Gasteiger partial charge in [0, 0.05) is 6.07 Å². The smallest absolute Gasteiger partial charge is 0.154 e. The van der Waals surface area contributed by atoms with Crippen LogP contribution in [0.2, 0.25) is 0 Å². The Morgan fingerprint density at radius 3 is 2.53 bits per heavy atom. The molecule has 3 heteroatoms. The van der Waals surface area contributed by atoms with Crippen molar-refractivity contribution in [3.05, 3.63) is 36.7 Å². The van der Waals surface area contributed by atoms with Gasteiger partial charge in [-0.2, -0.15) is 7.26 Å². The SMILES string of the molecule is C/C=C\[N+](I)(c1cccc[n+]1C)C(C)C. The molecule has 1 rings (SSSR count). The van der Waals surface area contributed by atoms with Gasteiger partial charge in [-0.3, -0.25) is 0 Å². The number of hydrogen-bond acceptors (Lipinski definition) is 0. The lowest BCUT2D eigenvalue weighted by atomic mass is 10.3. The number of aromatic nitrogens is 1. The summed E-state index contributed by atoms with van der Waals surface area (Å²) in [6.45, 7) is 6.54. The van der Waals surface area contributed by atoms with Crippen molar-refractivity contribution in [1.82, 2.24) is 2.70 Å². The number of rotatable bonds is 3. The molecule has 2 nitrogen and oxygen atoms in total. The van der Waals surface area contributed by atoms with Crippen molar-refractivity contribution < 1.29 is 4.57 Å². The highest BCUT2D eigenvalue weighted by molar-refractivity contribution is 14.1. The molecule has 1 aromatic heterocycles. The summed E-state index contributed by atoms with van der Waals surface area (Å²) in [7, 11) is 2.09. The Bertz CT molecular complexity index is 360. The second-order valence-electron chi connectivity index (χ2n) is 3.93. The van der Waals surface area contributed by atoms with E-state index >= 15 is 0 Å². The zero-order valence-electron chi connectivity index (χ0n) is 9.81. The lowest BCUT2D eigenvalue weighted by Crippen LogP contribution is -2.48. The molecule has 0 spiro atoms. The molecule has 0 saturated carbocycles. The van der Waals surface area contributed by atoms with Gasteiger partial charge in [0.15, 0.2) is 6.20 Å². The molecule has 0 N–H and O–H groups in total. The average Bonchev–Trinajstić information content (AvgIpc) is 2.18. The van der Waals surface area contributed by atoms with Gasteiger partial charge in [0.2, 0.25) is 0 Å². The molecule has 0 aliphatic rings. The zero-order chi connectivity index (χ0) is 11.5. The van der Waals surface area contributed by atoms with E-state index in [1.807, 2.05) is 0 Å². The fraction of sp³-hybridized carbons (Fsp3) is 0.417. The van der Waals surface area contributed by atoms with E-state index < -0.39 is 0 Å². The van der Waals surface area contributed by atoms with Crippen LogP contribution >= 0.6 is 22.9 Å². The highest BCUT2D eigenvalue weighted by Gasteiger charge is 2.36. The van der Waals surface area contributed by atoms with E-state index in [1.54, 1.807) is 0 Å². The van der Waals surface area contributed by atoms with Crippen LogP contribution in [0.25, 0.3) is 0 Å². The summed E-state index contributed by atoms with van der Waals surface area (Å²) < 4.78 is 2.97. The molecule has 1 atom stereocenters. The Labute approximate surface area is 106 Å². The zero-order valence-corrected chi connectivity index (χ0v) is 12.0. The lowest BCUT2D eigenvalue weighted by Gasteiger charge is -2.26. The van der Waals surface area contributed by atoms with Crippen molar-refractivity contribution in [2.75, 3.05) is 0 Å². The molecule has 0 bridgehead atoms. The van der Waals surface area contributed by atoms with Crippen LogP contribution in [-0.4, -0.2) is 6.04 Å². The molecule has 0 aliphatic heterocycles. The summed E-state index contributed by atoms with van der Waals surface area (Å²) in [6, 6.07) is 6.83. The topological polar surface area (TPSA) is 3.88 Å². The van der Waals surface area contributed by atoms with E-state index in [2.05, 4.69) is 91.9 Å². The van der Waals surface area contributed by atoms with Crippen LogP contribution in [0.3, 0.4) is 0 Å². The molecule has 0 aliphatic carbocycles. The van der Waals surface area contributed by atoms with E-state index in [9.17, 15) is 0 Å². The highest BCUT2D eigenvalue weighted by atomic mass is 127. The standard InChI is InChI=1S/C12H19IN2/c1-5-10-15(13,11(2)3)12-8-6-7-9-14(12)4/h5-11H,1-4H3/q+2/b10-5-. The number of hydrogen-bond donors (Lipinski definition) is 0. The minimum Gasteiger partial charge on any atom is -0.154 e. The van der Waals surface area contributed by atoms with Gasteiger partial charge in [-0.05, 0) is 32.9 Å². The number of nitrogens with zero attached hydrogens (tertiary/aromatic N) is 2. The summed E-state index contributed by atoms with van der Waals surface area (Å²) in [6.07, 6.45) is 6.42. The number of quaternary nitrogens is 1. The van der Waals surface area contributed by atoms with Crippen LogP contribution in [0.15, 0.2) is 36.7 Å². The Morgan fingerprint density at radius 1 is 1.40 bits per heavy atom. The van der Waals surface area contributed by atoms with Gasteiger partial charge in [0.25, 0.3) is 22.9 Å². The molecule has 0 saturated heterocycles. The maximum absolute atomic E-state index is 2.49. The van der Waals surface area contributed by atoms with Crippen LogP contribution in [0.1, 0.15) is 20.8 Å². The van der Waals surface area contributed by atoms with E-state index in [4.69, 9.17) is 0 Å². The monoisotopic (exact) mass is 318 g/mol. The molecule has 0 radical (unpaired) electrons. The van der Waals surface area contributed by atoms with Crippen molar-refractivity contribution in [3.8, 4) is 0 Å². The first-order chi connectivity index (χ1) is 7.02. The third-order valence-corrected chi connectivity index (χ3v) is 4.43. The molecule has 15 heavy (non-hydrogen) atoms. The summed E-state index contributed by atoms with van der Waals surface area (Å²) in [5.41, 5.74) is 0. The first-order valence-electron chi connectivity index (χ1n) is 5.19.